The van der Waals surface area contributed by atoms with Gasteiger partial charge in [0.25, 0.3) is 0 Å². The largest absolute Gasteiger partial charge is 0.493 e. The first kappa shape index (κ1) is 12.4. The van der Waals surface area contributed by atoms with Gasteiger partial charge in [0.15, 0.2) is 0 Å². The van der Waals surface area contributed by atoms with Gasteiger partial charge in [0.2, 0.25) is 0 Å². The van der Waals surface area contributed by atoms with Crippen molar-refractivity contribution in [2.24, 2.45) is 5.92 Å². The molecule has 0 fully saturated rings. The molecule has 0 saturated heterocycles. The lowest BCUT2D eigenvalue weighted by Crippen LogP contribution is -2.17. The molecule has 0 amide bonds. The van der Waals surface area contributed by atoms with E-state index in [1.807, 2.05) is 13.0 Å². The van der Waals surface area contributed by atoms with Crippen LogP contribution < -0.4 is 4.74 Å². The van der Waals surface area contributed by atoms with E-state index in [4.69, 9.17) is 4.74 Å². The van der Waals surface area contributed by atoms with Crippen LogP contribution in [0.3, 0.4) is 0 Å². The summed E-state index contributed by atoms with van der Waals surface area (Å²) in [6.07, 6.45) is 2.94. The van der Waals surface area contributed by atoms with Crippen LogP contribution in [0.5, 0.6) is 5.75 Å². The molecule has 0 saturated carbocycles. The smallest absolute Gasteiger partial charge is 0.122 e. The van der Waals surface area contributed by atoms with Crippen LogP contribution >= 0.6 is 0 Å². The first-order valence-electron chi connectivity index (χ1n) is 6.56. The monoisotopic (exact) mass is 234 g/mol. The minimum atomic E-state index is -0.194. The van der Waals surface area contributed by atoms with Crippen LogP contribution in [0.15, 0.2) is 24.3 Å². The van der Waals surface area contributed by atoms with E-state index in [2.05, 4.69) is 25.1 Å². The Morgan fingerprint density at radius 3 is 2.88 bits per heavy atom. The number of hydrogen-bond donors (Lipinski definition) is 1. The van der Waals surface area contributed by atoms with E-state index in [9.17, 15) is 5.11 Å². The fraction of sp³-hybridized carbons (Fsp3) is 0.600. The Morgan fingerprint density at radius 1 is 1.35 bits per heavy atom. The quantitative estimate of drug-likeness (QED) is 0.865. The Morgan fingerprint density at radius 2 is 2.12 bits per heavy atom. The van der Waals surface area contributed by atoms with Crippen molar-refractivity contribution in [3.05, 3.63) is 29.8 Å². The number of rotatable bonds is 4. The maximum atomic E-state index is 9.42. The van der Waals surface area contributed by atoms with Crippen LogP contribution in [0.4, 0.5) is 0 Å². The molecule has 0 bridgehead atoms. The van der Waals surface area contributed by atoms with Crippen molar-refractivity contribution in [2.45, 2.75) is 45.1 Å². The van der Waals surface area contributed by atoms with Crippen LogP contribution in [0.25, 0.3) is 0 Å². The molecule has 94 valence electrons. The molecule has 0 aliphatic carbocycles. The second-order valence-corrected chi connectivity index (χ2v) is 5.30. The fourth-order valence-electron chi connectivity index (χ4n) is 2.82. The Bertz CT molecular complexity index is 360. The summed E-state index contributed by atoms with van der Waals surface area (Å²) in [4.78, 5) is 0. The van der Waals surface area contributed by atoms with E-state index in [-0.39, 0.29) is 6.10 Å². The molecule has 3 unspecified atom stereocenters. The predicted octanol–water partition coefficient (Wildman–Crippen LogP) is 3.35. The predicted molar refractivity (Wildman–Crippen MR) is 69.4 cm³/mol. The van der Waals surface area contributed by atoms with Crippen molar-refractivity contribution in [2.75, 3.05) is 6.61 Å². The normalized spacial score (nSPS) is 22.4. The summed E-state index contributed by atoms with van der Waals surface area (Å²) < 4.78 is 5.67. The zero-order valence-electron chi connectivity index (χ0n) is 10.7. The highest BCUT2D eigenvalue weighted by atomic mass is 16.5. The zero-order chi connectivity index (χ0) is 12.3. The molecular weight excluding hydrogens is 212 g/mol. The highest BCUT2D eigenvalue weighted by molar-refractivity contribution is 5.37. The summed E-state index contributed by atoms with van der Waals surface area (Å²) in [5.41, 5.74) is 1.34. The van der Waals surface area contributed by atoms with Crippen molar-refractivity contribution in [1.82, 2.24) is 0 Å². The SMILES string of the molecule is CC(O)CC(C)CC1CCOc2ccccc21. The average Bonchev–Trinajstić information content (AvgIpc) is 2.28. The molecule has 3 atom stereocenters. The van der Waals surface area contributed by atoms with Gasteiger partial charge in [-0.05, 0) is 49.7 Å². The van der Waals surface area contributed by atoms with Gasteiger partial charge >= 0.3 is 0 Å². The van der Waals surface area contributed by atoms with Crippen molar-refractivity contribution in [1.29, 1.82) is 0 Å². The molecule has 1 aliphatic rings. The number of fused-ring (bicyclic) bond motifs is 1. The van der Waals surface area contributed by atoms with E-state index in [1.165, 1.54) is 5.56 Å². The molecule has 17 heavy (non-hydrogen) atoms. The molecule has 0 spiro atoms. The van der Waals surface area contributed by atoms with Gasteiger partial charge in [-0.15, -0.1) is 0 Å². The van der Waals surface area contributed by atoms with Gasteiger partial charge in [0, 0.05) is 0 Å². The first-order valence-corrected chi connectivity index (χ1v) is 6.56. The number of ether oxygens (including phenoxy) is 1. The van der Waals surface area contributed by atoms with E-state index in [1.54, 1.807) is 0 Å². The highest BCUT2D eigenvalue weighted by Gasteiger charge is 2.23. The lowest BCUT2D eigenvalue weighted by atomic mass is 9.84. The minimum Gasteiger partial charge on any atom is -0.493 e. The lowest BCUT2D eigenvalue weighted by Gasteiger charge is -2.28. The molecule has 1 heterocycles. The van der Waals surface area contributed by atoms with Crippen LogP contribution in [0.1, 0.15) is 44.6 Å². The second-order valence-electron chi connectivity index (χ2n) is 5.30. The van der Waals surface area contributed by atoms with E-state index in [0.717, 1.165) is 31.6 Å². The Hall–Kier alpha value is -1.02. The molecular formula is C15H22O2. The van der Waals surface area contributed by atoms with Crippen molar-refractivity contribution in [3.8, 4) is 5.75 Å². The van der Waals surface area contributed by atoms with Gasteiger partial charge in [0.1, 0.15) is 5.75 Å². The van der Waals surface area contributed by atoms with Crippen molar-refractivity contribution < 1.29 is 9.84 Å². The molecule has 1 aromatic rings. The van der Waals surface area contributed by atoms with Gasteiger partial charge < -0.3 is 9.84 Å². The first-order chi connectivity index (χ1) is 8.16. The van der Waals surface area contributed by atoms with Gasteiger partial charge in [-0.25, -0.2) is 0 Å². The topological polar surface area (TPSA) is 29.5 Å². The summed E-state index contributed by atoms with van der Waals surface area (Å²) in [6, 6.07) is 8.34. The molecule has 2 nitrogen and oxygen atoms in total. The third-order valence-electron chi connectivity index (χ3n) is 3.51. The summed E-state index contributed by atoms with van der Waals surface area (Å²) >= 11 is 0. The van der Waals surface area contributed by atoms with E-state index >= 15 is 0 Å². The third-order valence-corrected chi connectivity index (χ3v) is 3.51. The molecule has 2 rings (SSSR count). The summed E-state index contributed by atoms with van der Waals surface area (Å²) in [5, 5.41) is 9.42. The number of aliphatic hydroxyl groups excluding tert-OH is 1. The summed E-state index contributed by atoms with van der Waals surface area (Å²) in [6.45, 7) is 4.92. The maximum absolute atomic E-state index is 9.42. The minimum absolute atomic E-state index is 0.194. The summed E-state index contributed by atoms with van der Waals surface area (Å²) in [7, 11) is 0. The Balaban J connectivity index is 2.03. The maximum Gasteiger partial charge on any atom is 0.122 e. The van der Waals surface area contributed by atoms with Gasteiger partial charge in [0.05, 0.1) is 12.7 Å². The van der Waals surface area contributed by atoms with E-state index in [0.29, 0.717) is 11.8 Å². The average molecular weight is 234 g/mol. The van der Waals surface area contributed by atoms with E-state index < -0.39 is 0 Å². The second kappa shape index (κ2) is 5.54. The number of para-hydroxylation sites is 1. The van der Waals surface area contributed by atoms with Crippen LogP contribution in [-0.2, 0) is 0 Å². The van der Waals surface area contributed by atoms with Crippen molar-refractivity contribution >= 4 is 0 Å². The zero-order valence-corrected chi connectivity index (χ0v) is 10.7. The summed E-state index contributed by atoms with van der Waals surface area (Å²) in [5.74, 6) is 2.20. The van der Waals surface area contributed by atoms with Crippen LogP contribution in [0, 0.1) is 5.92 Å². The van der Waals surface area contributed by atoms with Crippen LogP contribution in [0.2, 0.25) is 0 Å². The molecule has 1 N–H and O–H groups in total. The third kappa shape index (κ3) is 3.22. The standard InChI is InChI=1S/C15H22O2/c1-11(9-12(2)16)10-13-7-8-17-15-6-4-3-5-14(13)15/h3-6,11-13,16H,7-10H2,1-2H3. The molecule has 0 radical (unpaired) electrons. The van der Waals surface area contributed by atoms with Gasteiger partial charge in [-0.3, -0.25) is 0 Å². The molecule has 0 aromatic heterocycles. The molecule has 1 aromatic carbocycles. The van der Waals surface area contributed by atoms with Gasteiger partial charge in [-0.1, -0.05) is 25.1 Å². The lowest BCUT2D eigenvalue weighted by molar-refractivity contribution is 0.156. The Labute approximate surface area is 104 Å². The Kier molecular flexibility index (Phi) is 4.06. The number of hydrogen-bond acceptors (Lipinski definition) is 2. The fourth-order valence-corrected chi connectivity index (χ4v) is 2.82. The van der Waals surface area contributed by atoms with Crippen molar-refractivity contribution in [3.63, 3.8) is 0 Å². The number of aliphatic hydroxyl groups is 1. The molecule has 1 aliphatic heterocycles. The van der Waals surface area contributed by atoms with Crippen LogP contribution in [-0.4, -0.2) is 17.8 Å². The molecule has 2 heteroatoms. The van der Waals surface area contributed by atoms with Gasteiger partial charge in [-0.2, -0.15) is 0 Å². The number of benzene rings is 1. The highest BCUT2D eigenvalue weighted by Crippen LogP contribution is 2.37.